The molecule has 0 atom stereocenters. The fraction of sp³-hybridized carbons (Fsp3) is 0.611. The van der Waals surface area contributed by atoms with E-state index < -0.39 is 0 Å². The van der Waals surface area contributed by atoms with Gasteiger partial charge in [0.05, 0.1) is 10.7 Å². The van der Waals surface area contributed by atoms with Crippen molar-refractivity contribution < 1.29 is 4.79 Å². The SMILES string of the molecule is CCCCCCCC(=O)N1CCN(c2ccccc2Cl)CC1. The van der Waals surface area contributed by atoms with Crippen LogP contribution in [0.3, 0.4) is 0 Å². The third kappa shape index (κ3) is 4.91. The molecule has 2 rings (SSSR count). The van der Waals surface area contributed by atoms with E-state index >= 15 is 0 Å². The number of benzene rings is 1. The molecule has 0 radical (unpaired) electrons. The molecular weight excluding hydrogens is 296 g/mol. The average Bonchev–Trinajstić information content (AvgIpc) is 2.55. The second kappa shape index (κ2) is 9.04. The lowest BCUT2D eigenvalue weighted by atomic mass is 10.1. The number of carbonyl (C=O) groups excluding carboxylic acids is 1. The second-order valence-corrected chi connectivity index (χ2v) is 6.39. The molecule has 122 valence electrons. The van der Waals surface area contributed by atoms with E-state index in [4.69, 9.17) is 11.6 Å². The van der Waals surface area contributed by atoms with Gasteiger partial charge >= 0.3 is 0 Å². The Morgan fingerprint density at radius 1 is 1.05 bits per heavy atom. The zero-order chi connectivity index (χ0) is 15.8. The van der Waals surface area contributed by atoms with Crippen LogP contribution in [0.4, 0.5) is 5.69 Å². The van der Waals surface area contributed by atoms with Crippen LogP contribution in [0.2, 0.25) is 5.02 Å². The predicted octanol–water partition coefficient (Wildman–Crippen LogP) is 4.35. The topological polar surface area (TPSA) is 23.6 Å². The largest absolute Gasteiger partial charge is 0.367 e. The highest BCUT2D eigenvalue weighted by molar-refractivity contribution is 6.33. The Balaban J connectivity index is 1.72. The van der Waals surface area contributed by atoms with Crippen LogP contribution in [-0.2, 0) is 4.79 Å². The van der Waals surface area contributed by atoms with Gasteiger partial charge in [0, 0.05) is 32.6 Å². The first kappa shape index (κ1) is 17.1. The Bertz CT molecular complexity index is 470. The van der Waals surface area contributed by atoms with E-state index in [1.54, 1.807) is 0 Å². The lowest BCUT2D eigenvalue weighted by molar-refractivity contribution is -0.131. The highest BCUT2D eigenvalue weighted by Gasteiger charge is 2.21. The van der Waals surface area contributed by atoms with Gasteiger partial charge in [-0.1, -0.05) is 56.3 Å². The van der Waals surface area contributed by atoms with Gasteiger partial charge in [0.25, 0.3) is 0 Å². The minimum Gasteiger partial charge on any atom is -0.367 e. The van der Waals surface area contributed by atoms with Crippen molar-refractivity contribution in [2.24, 2.45) is 0 Å². The summed E-state index contributed by atoms with van der Waals surface area (Å²) in [5.74, 6) is 0.315. The van der Waals surface area contributed by atoms with Crippen molar-refractivity contribution in [3.05, 3.63) is 29.3 Å². The first-order valence-electron chi connectivity index (χ1n) is 8.49. The molecule has 1 aromatic rings. The molecule has 1 saturated heterocycles. The highest BCUT2D eigenvalue weighted by Crippen LogP contribution is 2.26. The average molecular weight is 323 g/mol. The van der Waals surface area contributed by atoms with Gasteiger partial charge in [-0.25, -0.2) is 0 Å². The van der Waals surface area contributed by atoms with E-state index in [1.807, 2.05) is 29.2 Å². The van der Waals surface area contributed by atoms with Crippen LogP contribution < -0.4 is 4.90 Å². The summed E-state index contributed by atoms with van der Waals surface area (Å²) in [5.41, 5.74) is 1.08. The monoisotopic (exact) mass is 322 g/mol. The molecule has 1 aliphatic rings. The maximum absolute atomic E-state index is 12.2. The molecule has 0 spiro atoms. The number of carbonyl (C=O) groups is 1. The van der Waals surface area contributed by atoms with E-state index in [1.165, 1.54) is 25.7 Å². The standard InChI is InChI=1S/C18H27ClN2O/c1-2-3-4-5-6-11-18(22)21-14-12-20(13-15-21)17-10-8-7-9-16(17)19/h7-10H,2-6,11-15H2,1H3. The Kier molecular flexibility index (Phi) is 7.04. The summed E-state index contributed by atoms with van der Waals surface area (Å²) in [6.45, 7) is 5.55. The molecule has 0 aromatic heterocycles. The van der Waals surface area contributed by atoms with E-state index in [2.05, 4.69) is 11.8 Å². The molecule has 1 amide bonds. The molecule has 0 bridgehead atoms. The van der Waals surface area contributed by atoms with Crippen LogP contribution in [0.1, 0.15) is 45.4 Å². The number of rotatable bonds is 7. The van der Waals surface area contributed by atoms with Crippen molar-refractivity contribution in [3.8, 4) is 0 Å². The fourth-order valence-corrected chi connectivity index (χ4v) is 3.20. The van der Waals surface area contributed by atoms with Crippen molar-refractivity contribution in [1.29, 1.82) is 0 Å². The summed E-state index contributed by atoms with van der Waals surface area (Å²) in [6, 6.07) is 7.93. The van der Waals surface area contributed by atoms with Crippen molar-refractivity contribution in [2.45, 2.75) is 45.4 Å². The van der Waals surface area contributed by atoms with Crippen molar-refractivity contribution >= 4 is 23.2 Å². The van der Waals surface area contributed by atoms with E-state index in [9.17, 15) is 4.79 Å². The lowest BCUT2D eigenvalue weighted by Crippen LogP contribution is -2.48. The van der Waals surface area contributed by atoms with Crippen LogP contribution in [0.15, 0.2) is 24.3 Å². The maximum Gasteiger partial charge on any atom is 0.222 e. The highest BCUT2D eigenvalue weighted by atomic mass is 35.5. The lowest BCUT2D eigenvalue weighted by Gasteiger charge is -2.36. The van der Waals surface area contributed by atoms with Crippen LogP contribution in [0.25, 0.3) is 0 Å². The van der Waals surface area contributed by atoms with Crippen LogP contribution in [-0.4, -0.2) is 37.0 Å². The molecule has 22 heavy (non-hydrogen) atoms. The number of hydrogen-bond acceptors (Lipinski definition) is 2. The molecule has 4 heteroatoms. The quantitative estimate of drug-likeness (QED) is 0.697. The Morgan fingerprint density at radius 2 is 1.73 bits per heavy atom. The van der Waals surface area contributed by atoms with Gasteiger partial charge in [-0.05, 0) is 18.6 Å². The minimum atomic E-state index is 0.315. The molecule has 0 saturated carbocycles. The smallest absolute Gasteiger partial charge is 0.222 e. The first-order valence-corrected chi connectivity index (χ1v) is 8.87. The van der Waals surface area contributed by atoms with E-state index in [0.717, 1.165) is 43.3 Å². The van der Waals surface area contributed by atoms with Gasteiger partial charge in [0.1, 0.15) is 0 Å². The number of anilines is 1. The summed E-state index contributed by atoms with van der Waals surface area (Å²) in [5, 5.41) is 0.790. The molecular formula is C18H27ClN2O. The Morgan fingerprint density at radius 3 is 2.41 bits per heavy atom. The van der Waals surface area contributed by atoms with Gasteiger partial charge in [0.2, 0.25) is 5.91 Å². The third-order valence-electron chi connectivity index (χ3n) is 4.32. The summed E-state index contributed by atoms with van der Waals surface area (Å²) >= 11 is 6.24. The number of hydrogen-bond donors (Lipinski definition) is 0. The number of unbranched alkanes of at least 4 members (excludes halogenated alkanes) is 4. The zero-order valence-corrected chi connectivity index (χ0v) is 14.3. The summed E-state index contributed by atoms with van der Waals surface area (Å²) < 4.78 is 0. The molecule has 1 heterocycles. The van der Waals surface area contributed by atoms with Crippen LogP contribution in [0.5, 0.6) is 0 Å². The third-order valence-corrected chi connectivity index (χ3v) is 4.64. The van der Waals surface area contributed by atoms with Crippen molar-refractivity contribution in [3.63, 3.8) is 0 Å². The molecule has 3 nitrogen and oxygen atoms in total. The predicted molar refractivity (Wildman–Crippen MR) is 93.6 cm³/mol. The van der Waals surface area contributed by atoms with Gasteiger partial charge in [-0.15, -0.1) is 0 Å². The normalized spacial score (nSPS) is 15.2. The van der Waals surface area contributed by atoms with Gasteiger partial charge in [0.15, 0.2) is 0 Å². The van der Waals surface area contributed by atoms with Crippen molar-refractivity contribution in [1.82, 2.24) is 4.90 Å². The number of nitrogens with zero attached hydrogens (tertiary/aromatic N) is 2. The molecule has 0 N–H and O–H groups in total. The van der Waals surface area contributed by atoms with Gasteiger partial charge in [-0.2, -0.15) is 0 Å². The molecule has 0 aliphatic carbocycles. The Hall–Kier alpha value is -1.22. The molecule has 1 aliphatic heterocycles. The van der Waals surface area contributed by atoms with Crippen LogP contribution >= 0.6 is 11.6 Å². The maximum atomic E-state index is 12.2. The molecule has 1 fully saturated rings. The van der Waals surface area contributed by atoms with Gasteiger partial charge < -0.3 is 9.80 Å². The van der Waals surface area contributed by atoms with Crippen LogP contribution in [0, 0.1) is 0 Å². The summed E-state index contributed by atoms with van der Waals surface area (Å²) in [4.78, 5) is 16.5. The van der Waals surface area contributed by atoms with E-state index in [0.29, 0.717) is 12.3 Å². The van der Waals surface area contributed by atoms with Gasteiger partial charge in [-0.3, -0.25) is 4.79 Å². The summed E-state index contributed by atoms with van der Waals surface area (Å²) in [7, 11) is 0. The first-order chi connectivity index (χ1) is 10.7. The fourth-order valence-electron chi connectivity index (χ4n) is 2.94. The number of para-hydroxylation sites is 1. The summed E-state index contributed by atoms with van der Waals surface area (Å²) in [6.07, 6.45) is 6.70. The Labute approximate surface area is 139 Å². The minimum absolute atomic E-state index is 0.315. The molecule has 1 aromatic carbocycles. The number of amides is 1. The molecule has 0 unspecified atom stereocenters. The zero-order valence-electron chi connectivity index (χ0n) is 13.6. The second-order valence-electron chi connectivity index (χ2n) is 5.98. The number of halogens is 1. The van der Waals surface area contributed by atoms with E-state index in [-0.39, 0.29) is 0 Å². The number of piperazine rings is 1. The van der Waals surface area contributed by atoms with Crippen molar-refractivity contribution in [2.75, 3.05) is 31.1 Å².